The average Bonchev–Trinajstić information content (AvgIpc) is 2.29. The summed E-state index contributed by atoms with van der Waals surface area (Å²) in [6.07, 6.45) is 4.30. The lowest BCUT2D eigenvalue weighted by molar-refractivity contribution is 0.0775. The lowest BCUT2D eigenvalue weighted by Crippen LogP contribution is -2.30. The lowest BCUT2D eigenvalue weighted by atomic mass is 10.4. The predicted octanol–water partition coefficient (Wildman–Crippen LogP) is 2.02. The Hall–Kier alpha value is -1.62. The summed E-state index contributed by atoms with van der Waals surface area (Å²) in [7, 11) is 0. The summed E-state index contributed by atoms with van der Waals surface area (Å²) in [6.45, 7) is 5.23. The number of hydrogen-bond donors (Lipinski definition) is 2. The van der Waals surface area contributed by atoms with Gasteiger partial charge in [0.15, 0.2) is 0 Å². The Morgan fingerprint density at radius 3 is 3.00 bits per heavy atom. The average molecular weight is 237 g/mol. The Balaban J connectivity index is 2.10. The second-order valence-electron chi connectivity index (χ2n) is 3.90. The van der Waals surface area contributed by atoms with E-state index in [1.165, 1.54) is 0 Å². The largest absolute Gasteiger partial charge is 0.379 e. The number of carbonyl (C=O) groups is 1. The second kappa shape index (κ2) is 7.62. The monoisotopic (exact) mass is 237 g/mol. The molecule has 1 aromatic heterocycles. The molecule has 17 heavy (non-hydrogen) atoms. The molecule has 0 fully saturated rings. The molecule has 0 aliphatic rings. The summed E-state index contributed by atoms with van der Waals surface area (Å²) in [4.78, 5) is 15.3. The van der Waals surface area contributed by atoms with Crippen LogP contribution in [0.5, 0.6) is 0 Å². The molecule has 0 spiro atoms. The van der Waals surface area contributed by atoms with Crippen LogP contribution in [0.25, 0.3) is 0 Å². The molecule has 5 nitrogen and oxygen atoms in total. The quantitative estimate of drug-likeness (QED) is 0.744. The van der Waals surface area contributed by atoms with Crippen molar-refractivity contribution < 1.29 is 9.53 Å². The maximum absolute atomic E-state index is 11.4. The van der Waals surface area contributed by atoms with Gasteiger partial charge in [0.25, 0.3) is 0 Å². The van der Waals surface area contributed by atoms with Gasteiger partial charge < -0.3 is 15.4 Å². The lowest BCUT2D eigenvalue weighted by Gasteiger charge is -2.09. The van der Waals surface area contributed by atoms with Gasteiger partial charge in [-0.1, -0.05) is 0 Å². The number of urea groups is 1. The molecule has 1 heterocycles. The summed E-state index contributed by atoms with van der Waals surface area (Å²) in [5.74, 6) is 0. The minimum Gasteiger partial charge on any atom is -0.379 e. The third kappa shape index (κ3) is 6.52. The molecule has 1 aromatic rings. The fraction of sp³-hybridized carbons (Fsp3) is 0.500. The summed E-state index contributed by atoms with van der Waals surface area (Å²) < 4.78 is 5.36. The number of carbonyl (C=O) groups excluding carboxylic acids is 1. The van der Waals surface area contributed by atoms with Crippen LogP contribution in [-0.4, -0.2) is 30.3 Å². The normalized spacial score (nSPS) is 10.3. The fourth-order valence-corrected chi connectivity index (χ4v) is 1.21. The molecular formula is C12H19N3O2. The first kappa shape index (κ1) is 13.4. The van der Waals surface area contributed by atoms with Gasteiger partial charge in [-0.15, -0.1) is 0 Å². The van der Waals surface area contributed by atoms with E-state index in [1.54, 1.807) is 24.5 Å². The van der Waals surface area contributed by atoms with Gasteiger partial charge in [0.2, 0.25) is 0 Å². The van der Waals surface area contributed by atoms with Gasteiger partial charge >= 0.3 is 6.03 Å². The van der Waals surface area contributed by atoms with Crippen molar-refractivity contribution in [2.24, 2.45) is 0 Å². The Labute approximate surface area is 102 Å². The molecule has 1 rings (SSSR count). The number of nitrogens with one attached hydrogen (secondary N) is 2. The zero-order valence-electron chi connectivity index (χ0n) is 10.3. The van der Waals surface area contributed by atoms with Gasteiger partial charge in [-0.05, 0) is 32.4 Å². The smallest absolute Gasteiger partial charge is 0.319 e. The maximum atomic E-state index is 11.4. The highest BCUT2D eigenvalue weighted by atomic mass is 16.5. The van der Waals surface area contributed by atoms with Gasteiger partial charge in [0.05, 0.1) is 18.0 Å². The van der Waals surface area contributed by atoms with E-state index in [-0.39, 0.29) is 12.1 Å². The molecule has 0 aliphatic carbocycles. The minimum absolute atomic E-state index is 0.220. The molecule has 5 heteroatoms. The van der Waals surface area contributed by atoms with Crippen LogP contribution in [0.3, 0.4) is 0 Å². The molecule has 0 aromatic carbocycles. The van der Waals surface area contributed by atoms with Crippen LogP contribution in [0.2, 0.25) is 0 Å². The van der Waals surface area contributed by atoms with E-state index in [0.717, 1.165) is 6.42 Å². The van der Waals surface area contributed by atoms with Crippen molar-refractivity contribution in [3.63, 3.8) is 0 Å². The Bertz CT molecular complexity index is 328. The Morgan fingerprint density at radius 1 is 1.53 bits per heavy atom. The number of ether oxygens (including phenoxy) is 1. The second-order valence-corrected chi connectivity index (χ2v) is 3.90. The van der Waals surface area contributed by atoms with Crippen molar-refractivity contribution in [3.05, 3.63) is 24.5 Å². The molecular weight excluding hydrogens is 218 g/mol. The Kier molecular flexibility index (Phi) is 6.03. The van der Waals surface area contributed by atoms with Crippen molar-refractivity contribution >= 4 is 11.7 Å². The van der Waals surface area contributed by atoms with Gasteiger partial charge in [-0.2, -0.15) is 0 Å². The number of nitrogens with zero attached hydrogens (tertiary/aromatic N) is 1. The van der Waals surface area contributed by atoms with Crippen LogP contribution in [0.4, 0.5) is 10.5 Å². The van der Waals surface area contributed by atoms with Gasteiger partial charge in [-0.3, -0.25) is 4.98 Å². The van der Waals surface area contributed by atoms with Crippen molar-refractivity contribution in [3.8, 4) is 0 Å². The highest BCUT2D eigenvalue weighted by molar-refractivity contribution is 5.88. The molecule has 0 saturated heterocycles. The molecule has 0 saturated carbocycles. The molecule has 0 aliphatic heterocycles. The summed E-state index contributed by atoms with van der Waals surface area (Å²) >= 11 is 0. The first-order valence-corrected chi connectivity index (χ1v) is 5.75. The fourth-order valence-electron chi connectivity index (χ4n) is 1.21. The van der Waals surface area contributed by atoms with E-state index in [0.29, 0.717) is 18.8 Å². The first-order chi connectivity index (χ1) is 8.18. The number of pyridine rings is 1. The maximum Gasteiger partial charge on any atom is 0.319 e. The summed E-state index contributed by atoms with van der Waals surface area (Å²) in [5.41, 5.74) is 0.684. The molecule has 0 bridgehead atoms. The van der Waals surface area contributed by atoms with Crippen LogP contribution in [0.1, 0.15) is 20.3 Å². The SMILES string of the molecule is CC(C)OCCCNC(=O)Nc1cccnc1. The number of amides is 2. The number of hydrogen-bond acceptors (Lipinski definition) is 3. The summed E-state index contributed by atoms with van der Waals surface area (Å²) in [6, 6.07) is 3.34. The van der Waals surface area contributed by atoms with Crippen molar-refractivity contribution in [2.75, 3.05) is 18.5 Å². The summed E-state index contributed by atoms with van der Waals surface area (Å²) in [5, 5.41) is 5.44. The molecule has 94 valence electrons. The van der Waals surface area contributed by atoms with Crippen LogP contribution in [-0.2, 0) is 4.74 Å². The van der Waals surface area contributed by atoms with E-state index in [1.807, 2.05) is 13.8 Å². The highest BCUT2D eigenvalue weighted by Crippen LogP contribution is 2.01. The molecule has 0 unspecified atom stereocenters. The number of aromatic nitrogens is 1. The van der Waals surface area contributed by atoms with E-state index in [9.17, 15) is 4.79 Å². The molecule has 2 amide bonds. The van der Waals surface area contributed by atoms with Gasteiger partial charge in [0, 0.05) is 19.3 Å². The van der Waals surface area contributed by atoms with Crippen LogP contribution in [0.15, 0.2) is 24.5 Å². The standard InChI is InChI=1S/C12H19N3O2/c1-10(2)17-8-4-7-14-12(16)15-11-5-3-6-13-9-11/h3,5-6,9-10H,4,7-8H2,1-2H3,(H2,14,15,16). The third-order valence-electron chi connectivity index (χ3n) is 1.98. The first-order valence-electron chi connectivity index (χ1n) is 5.75. The molecule has 2 N–H and O–H groups in total. The zero-order chi connectivity index (χ0) is 12.5. The van der Waals surface area contributed by atoms with E-state index in [2.05, 4.69) is 15.6 Å². The number of rotatable bonds is 6. The van der Waals surface area contributed by atoms with E-state index in [4.69, 9.17) is 4.74 Å². The van der Waals surface area contributed by atoms with Crippen LogP contribution in [0, 0.1) is 0 Å². The van der Waals surface area contributed by atoms with E-state index < -0.39 is 0 Å². The minimum atomic E-state index is -0.220. The van der Waals surface area contributed by atoms with Crippen molar-refractivity contribution in [2.45, 2.75) is 26.4 Å². The molecule has 0 radical (unpaired) electrons. The van der Waals surface area contributed by atoms with Crippen LogP contribution < -0.4 is 10.6 Å². The van der Waals surface area contributed by atoms with Gasteiger partial charge in [-0.25, -0.2) is 4.79 Å². The number of anilines is 1. The topological polar surface area (TPSA) is 63.2 Å². The van der Waals surface area contributed by atoms with Crippen LogP contribution >= 0.6 is 0 Å². The Morgan fingerprint density at radius 2 is 2.35 bits per heavy atom. The zero-order valence-corrected chi connectivity index (χ0v) is 10.3. The van der Waals surface area contributed by atoms with E-state index >= 15 is 0 Å². The predicted molar refractivity (Wildman–Crippen MR) is 67.0 cm³/mol. The van der Waals surface area contributed by atoms with Crippen molar-refractivity contribution in [1.82, 2.24) is 10.3 Å². The van der Waals surface area contributed by atoms with Crippen molar-refractivity contribution in [1.29, 1.82) is 0 Å². The highest BCUT2D eigenvalue weighted by Gasteiger charge is 2.00. The molecule has 0 atom stereocenters. The third-order valence-corrected chi connectivity index (χ3v) is 1.98. The van der Waals surface area contributed by atoms with Gasteiger partial charge in [0.1, 0.15) is 0 Å².